The lowest BCUT2D eigenvalue weighted by molar-refractivity contribution is 0.0494. The van der Waals surface area contributed by atoms with Crippen LogP contribution in [0, 0.1) is 5.82 Å². The molecular formula is C20H22FNO2. The number of carbonyl (C=O) groups is 1. The van der Waals surface area contributed by atoms with Crippen LogP contribution in [0.25, 0.3) is 11.1 Å². The summed E-state index contributed by atoms with van der Waals surface area (Å²) in [4.78, 5) is 12.0. The zero-order valence-electron chi connectivity index (χ0n) is 14.2. The van der Waals surface area contributed by atoms with Gasteiger partial charge in [0.1, 0.15) is 11.4 Å². The largest absolute Gasteiger partial charge is 0.444 e. The standard InChI is InChI=1S/C20H22FNO2/c1-19(2,3)24-18(23)22-20(11-12-20)16-10-9-15(13-17(16)21)14-7-5-4-6-8-14/h4-10,13H,11-12H2,1-3H3,(H,22,23). The van der Waals surface area contributed by atoms with E-state index in [4.69, 9.17) is 4.74 Å². The smallest absolute Gasteiger partial charge is 0.408 e. The van der Waals surface area contributed by atoms with E-state index in [0.29, 0.717) is 18.4 Å². The monoisotopic (exact) mass is 327 g/mol. The number of nitrogens with one attached hydrogen (secondary N) is 1. The summed E-state index contributed by atoms with van der Waals surface area (Å²) >= 11 is 0. The lowest BCUT2D eigenvalue weighted by Crippen LogP contribution is -2.39. The lowest BCUT2D eigenvalue weighted by Gasteiger charge is -2.24. The summed E-state index contributed by atoms with van der Waals surface area (Å²) in [5.74, 6) is -0.301. The Morgan fingerprint density at radius 2 is 1.75 bits per heavy atom. The molecule has 0 saturated heterocycles. The van der Waals surface area contributed by atoms with Gasteiger partial charge in [-0.3, -0.25) is 0 Å². The number of ether oxygens (including phenoxy) is 1. The molecule has 3 nitrogen and oxygen atoms in total. The number of hydrogen-bond acceptors (Lipinski definition) is 2. The molecule has 0 radical (unpaired) electrons. The highest BCUT2D eigenvalue weighted by molar-refractivity contribution is 5.70. The Labute approximate surface area is 141 Å². The maximum Gasteiger partial charge on any atom is 0.408 e. The van der Waals surface area contributed by atoms with Crippen molar-refractivity contribution in [2.75, 3.05) is 0 Å². The van der Waals surface area contributed by atoms with Crippen molar-refractivity contribution in [2.45, 2.75) is 44.8 Å². The van der Waals surface area contributed by atoms with Crippen LogP contribution in [-0.2, 0) is 10.3 Å². The molecule has 0 aromatic heterocycles. The van der Waals surface area contributed by atoms with Gasteiger partial charge in [-0.15, -0.1) is 0 Å². The Morgan fingerprint density at radius 3 is 2.29 bits per heavy atom. The fourth-order valence-electron chi connectivity index (χ4n) is 2.80. The van der Waals surface area contributed by atoms with Gasteiger partial charge in [0.15, 0.2) is 0 Å². The molecule has 1 aliphatic carbocycles. The third-order valence-electron chi connectivity index (χ3n) is 4.08. The fourth-order valence-corrected chi connectivity index (χ4v) is 2.80. The molecule has 24 heavy (non-hydrogen) atoms. The Balaban J connectivity index is 1.81. The first kappa shape index (κ1) is 16.5. The Morgan fingerprint density at radius 1 is 1.08 bits per heavy atom. The molecule has 3 rings (SSSR count). The molecule has 126 valence electrons. The van der Waals surface area contributed by atoms with E-state index in [1.807, 2.05) is 36.4 Å². The van der Waals surface area contributed by atoms with E-state index in [9.17, 15) is 9.18 Å². The van der Waals surface area contributed by atoms with Gasteiger partial charge >= 0.3 is 6.09 Å². The molecule has 0 unspecified atom stereocenters. The summed E-state index contributed by atoms with van der Waals surface area (Å²) in [6.45, 7) is 5.42. The number of rotatable bonds is 3. The highest BCUT2D eigenvalue weighted by atomic mass is 19.1. The fraction of sp³-hybridized carbons (Fsp3) is 0.350. The third-order valence-corrected chi connectivity index (χ3v) is 4.08. The minimum atomic E-state index is -0.637. The summed E-state index contributed by atoms with van der Waals surface area (Å²) in [7, 11) is 0. The van der Waals surface area contributed by atoms with Crippen LogP contribution in [0.15, 0.2) is 48.5 Å². The molecule has 0 atom stereocenters. The van der Waals surface area contributed by atoms with Crippen molar-refractivity contribution >= 4 is 6.09 Å². The van der Waals surface area contributed by atoms with Gasteiger partial charge in [-0.25, -0.2) is 9.18 Å². The number of benzene rings is 2. The highest BCUT2D eigenvalue weighted by Crippen LogP contribution is 2.47. The molecule has 1 fully saturated rings. The van der Waals surface area contributed by atoms with Gasteiger partial charge < -0.3 is 10.1 Å². The zero-order chi connectivity index (χ0) is 17.4. The van der Waals surface area contributed by atoms with Gasteiger partial charge in [0.2, 0.25) is 0 Å². The molecule has 0 bridgehead atoms. The van der Waals surface area contributed by atoms with Gasteiger partial charge in [-0.1, -0.05) is 42.5 Å². The highest BCUT2D eigenvalue weighted by Gasteiger charge is 2.48. The van der Waals surface area contributed by atoms with Crippen LogP contribution in [-0.4, -0.2) is 11.7 Å². The second-order valence-corrected chi connectivity index (χ2v) is 7.27. The minimum Gasteiger partial charge on any atom is -0.444 e. The number of carbonyl (C=O) groups excluding carboxylic acids is 1. The van der Waals surface area contributed by atoms with Gasteiger partial charge in [0, 0.05) is 5.56 Å². The van der Waals surface area contributed by atoms with Crippen LogP contribution >= 0.6 is 0 Å². The molecule has 1 aliphatic rings. The predicted octanol–water partition coefficient (Wildman–Crippen LogP) is 5.01. The van der Waals surface area contributed by atoms with Crippen molar-refractivity contribution in [3.8, 4) is 11.1 Å². The van der Waals surface area contributed by atoms with Crippen LogP contribution in [0.4, 0.5) is 9.18 Å². The van der Waals surface area contributed by atoms with E-state index in [1.54, 1.807) is 26.8 Å². The number of hydrogen-bond donors (Lipinski definition) is 1. The van der Waals surface area contributed by atoms with E-state index >= 15 is 0 Å². The van der Waals surface area contributed by atoms with Gasteiger partial charge in [-0.2, -0.15) is 0 Å². The van der Waals surface area contributed by atoms with E-state index in [1.165, 1.54) is 6.07 Å². The van der Waals surface area contributed by atoms with E-state index in [2.05, 4.69) is 5.32 Å². The minimum absolute atomic E-state index is 0.301. The van der Waals surface area contributed by atoms with Crippen molar-refractivity contribution in [1.82, 2.24) is 5.32 Å². The topological polar surface area (TPSA) is 38.3 Å². The van der Waals surface area contributed by atoms with Crippen molar-refractivity contribution in [3.05, 3.63) is 59.9 Å². The number of halogens is 1. The Hall–Kier alpha value is -2.36. The van der Waals surface area contributed by atoms with Gasteiger partial charge in [0.25, 0.3) is 0 Å². The summed E-state index contributed by atoms with van der Waals surface area (Å²) in [6, 6.07) is 14.9. The molecular weight excluding hydrogens is 305 g/mol. The summed E-state index contributed by atoms with van der Waals surface area (Å²) in [5, 5.41) is 2.84. The van der Waals surface area contributed by atoms with Crippen molar-refractivity contribution in [3.63, 3.8) is 0 Å². The molecule has 0 heterocycles. The van der Waals surface area contributed by atoms with Gasteiger partial charge in [-0.05, 0) is 50.8 Å². The molecule has 1 N–H and O–H groups in total. The summed E-state index contributed by atoms with van der Waals surface area (Å²) in [5.41, 5.74) is 1.10. The Bertz CT molecular complexity index is 746. The average molecular weight is 327 g/mol. The summed E-state index contributed by atoms with van der Waals surface area (Å²) in [6.07, 6.45) is 0.924. The Kier molecular flexibility index (Phi) is 4.08. The predicted molar refractivity (Wildman–Crippen MR) is 92.1 cm³/mol. The molecule has 0 aliphatic heterocycles. The lowest BCUT2D eigenvalue weighted by atomic mass is 9.99. The van der Waals surface area contributed by atoms with Crippen LogP contribution in [0.2, 0.25) is 0 Å². The van der Waals surface area contributed by atoms with Crippen LogP contribution < -0.4 is 5.32 Å². The second-order valence-electron chi connectivity index (χ2n) is 7.27. The quantitative estimate of drug-likeness (QED) is 0.861. The van der Waals surface area contributed by atoms with Crippen LogP contribution in [0.3, 0.4) is 0 Å². The summed E-state index contributed by atoms with van der Waals surface area (Å²) < 4.78 is 20.0. The molecule has 1 saturated carbocycles. The molecule has 1 amide bonds. The zero-order valence-corrected chi connectivity index (χ0v) is 14.2. The molecule has 2 aromatic carbocycles. The van der Waals surface area contributed by atoms with Crippen LogP contribution in [0.1, 0.15) is 39.2 Å². The second kappa shape index (κ2) is 5.93. The van der Waals surface area contributed by atoms with E-state index in [-0.39, 0.29) is 5.82 Å². The first-order chi connectivity index (χ1) is 11.3. The third kappa shape index (κ3) is 3.58. The van der Waals surface area contributed by atoms with Crippen molar-refractivity contribution in [2.24, 2.45) is 0 Å². The van der Waals surface area contributed by atoms with E-state index < -0.39 is 17.2 Å². The maximum atomic E-state index is 14.7. The van der Waals surface area contributed by atoms with Crippen molar-refractivity contribution in [1.29, 1.82) is 0 Å². The maximum absolute atomic E-state index is 14.7. The normalized spacial score (nSPS) is 15.7. The van der Waals surface area contributed by atoms with Crippen molar-refractivity contribution < 1.29 is 13.9 Å². The number of amides is 1. The number of alkyl carbamates (subject to hydrolysis) is 1. The SMILES string of the molecule is CC(C)(C)OC(=O)NC1(c2ccc(-c3ccccc3)cc2F)CC1. The average Bonchev–Trinajstić information content (AvgIpc) is 3.26. The molecule has 0 spiro atoms. The molecule has 2 aromatic rings. The van der Waals surface area contributed by atoms with Gasteiger partial charge in [0.05, 0.1) is 5.54 Å². The van der Waals surface area contributed by atoms with E-state index in [0.717, 1.165) is 11.1 Å². The van der Waals surface area contributed by atoms with Crippen LogP contribution in [0.5, 0.6) is 0 Å². The first-order valence-corrected chi connectivity index (χ1v) is 8.16. The first-order valence-electron chi connectivity index (χ1n) is 8.16. The molecule has 4 heteroatoms.